The summed E-state index contributed by atoms with van der Waals surface area (Å²) in [7, 11) is 0. The van der Waals surface area contributed by atoms with E-state index in [4.69, 9.17) is 4.74 Å². The molecule has 0 saturated carbocycles. The van der Waals surface area contributed by atoms with Gasteiger partial charge in [0.25, 0.3) is 5.91 Å². The lowest BCUT2D eigenvalue weighted by Gasteiger charge is -2.11. The third kappa shape index (κ3) is 3.51. The van der Waals surface area contributed by atoms with Gasteiger partial charge in [-0.25, -0.2) is 0 Å². The molecule has 124 valence electrons. The summed E-state index contributed by atoms with van der Waals surface area (Å²) in [5.74, 6) is 0.746. The van der Waals surface area contributed by atoms with E-state index in [1.54, 1.807) is 17.4 Å². The van der Waals surface area contributed by atoms with Crippen LogP contribution >= 0.6 is 11.3 Å². The normalized spacial score (nSPS) is 10.7. The van der Waals surface area contributed by atoms with Gasteiger partial charge in [-0.2, -0.15) is 0 Å². The number of fused-ring (bicyclic) bond motifs is 1. The number of carbonyl (C=O) groups is 1. The minimum Gasteiger partial charge on any atom is -0.492 e. The van der Waals surface area contributed by atoms with Crippen LogP contribution in [0.25, 0.3) is 10.2 Å². The minimum absolute atomic E-state index is 0.0873. The molecule has 0 aliphatic carbocycles. The molecule has 1 amide bonds. The average Bonchev–Trinajstić information content (AvgIpc) is 3.10. The quantitative estimate of drug-likeness (QED) is 0.661. The van der Waals surface area contributed by atoms with E-state index in [-0.39, 0.29) is 5.91 Å². The topological polar surface area (TPSA) is 43.3 Å². The van der Waals surface area contributed by atoms with Crippen LogP contribution in [0.2, 0.25) is 0 Å². The number of para-hydroxylation sites is 1. The molecule has 2 heterocycles. The van der Waals surface area contributed by atoms with Crippen LogP contribution in [0.4, 0.5) is 0 Å². The summed E-state index contributed by atoms with van der Waals surface area (Å²) in [6.07, 6.45) is 1.68. The lowest BCUT2D eigenvalue weighted by molar-refractivity contribution is 0.0948. The van der Waals surface area contributed by atoms with E-state index >= 15 is 0 Å². The van der Waals surface area contributed by atoms with Gasteiger partial charge < -0.3 is 14.6 Å². The van der Waals surface area contributed by atoms with Crippen molar-refractivity contribution in [3.8, 4) is 5.75 Å². The highest BCUT2D eigenvalue weighted by Gasteiger charge is 2.16. The number of hydrogen-bond acceptors (Lipinski definition) is 3. The second-order valence-corrected chi connectivity index (χ2v) is 6.74. The minimum atomic E-state index is -0.0873. The molecule has 0 spiro atoms. The molecule has 0 aliphatic rings. The number of nitrogens with one attached hydrogen (secondary N) is 1. The standard InChI is InChI=1S/C19H20N2O2S/c1-3-9-20-19(22)17-13-18-16(12-14(2)24-18)21(17)10-11-23-15-7-5-4-6-8-15/h3-8,12-13H,1,9-11H2,2H3,(H,20,22). The maximum absolute atomic E-state index is 12.4. The number of nitrogens with zero attached hydrogens (tertiary/aromatic N) is 1. The summed E-state index contributed by atoms with van der Waals surface area (Å²) in [6, 6.07) is 13.8. The third-order valence-corrected chi connectivity index (χ3v) is 4.67. The maximum atomic E-state index is 12.4. The number of rotatable bonds is 7. The van der Waals surface area contributed by atoms with Gasteiger partial charge >= 0.3 is 0 Å². The fourth-order valence-electron chi connectivity index (χ4n) is 2.62. The molecule has 0 fully saturated rings. The Hall–Kier alpha value is -2.53. The van der Waals surface area contributed by atoms with Gasteiger partial charge in [0.15, 0.2) is 0 Å². The van der Waals surface area contributed by atoms with Gasteiger partial charge in [0.05, 0.1) is 16.8 Å². The van der Waals surface area contributed by atoms with Crippen molar-refractivity contribution in [1.29, 1.82) is 0 Å². The Kier molecular flexibility index (Phi) is 5.01. The van der Waals surface area contributed by atoms with Gasteiger partial charge in [0, 0.05) is 11.4 Å². The first-order chi connectivity index (χ1) is 11.7. The molecule has 3 rings (SSSR count). The fourth-order valence-corrected chi connectivity index (χ4v) is 3.58. The van der Waals surface area contributed by atoms with Gasteiger partial charge in [-0.3, -0.25) is 4.79 Å². The van der Waals surface area contributed by atoms with Crippen molar-refractivity contribution in [3.05, 3.63) is 65.7 Å². The maximum Gasteiger partial charge on any atom is 0.268 e. The van der Waals surface area contributed by atoms with Crippen LogP contribution in [0, 0.1) is 6.92 Å². The van der Waals surface area contributed by atoms with Crippen molar-refractivity contribution in [3.63, 3.8) is 0 Å². The highest BCUT2D eigenvalue weighted by Crippen LogP contribution is 2.28. The Balaban J connectivity index is 1.80. The van der Waals surface area contributed by atoms with Crippen molar-refractivity contribution < 1.29 is 9.53 Å². The van der Waals surface area contributed by atoms with Crippen molar-refractivity contribution in [2.24, 2.45) is 0 Å². The summed E-state index contributed by atoms with van der Waals surface area (Å²) < 4.78 is 8.93. The Bertz CT molecular complexity index is 849. The first-order valence-corrected chi connectivity index (χ1v) is 8.67. The first kappa shape index (κ1) is 16.3. The molecular formula is C19H20N2O2S. The molecule has 0 unspecified atom stereocenters. The molecule has 24 heavy (non-hydrogen) atoms. The summed E-state index contributed by atoms with van der Waals surface area (Å²) >= 11 is 1.70. The lowest BCUT2D eigenvalue weighted by atomic mass is 10.3. The van der Waals surface area contributed by atoms with Crippen LogP contribution in [0.3, 0.4) is 0 Å². The largest absolute Gasteiger partial charge is 0.492 e. The SMILES string of the molecule is C=CCNC(=O)c1cc2sc(C)cc2n1CCOc1ccccc1. The highest BCUT2D eigenvalue weighted by molar-refractivity contribution is 7.19. The zero-order chi connectivity index (χ0) is 16.9. The van der Waals surface area contributed by atoms with Crippen LogP contribution in [0.5, 0.6) is 5.75 Å². The second-order valence-electron chi connectivity index (χ2n) is 5.45. The molecule has 0 saturated heterocycles. The van der Waals surface area contributed by atoms with E-state index in [1.807, 2.05) is 41.0 Å². The zero-order valence-corrected chi connectivity index (χ0v) is 14.4. The third-order valence-electron chi connectivity index (χ3n) is 3.68. The Morgan fingerprint density at radius 3 is 2.88 bits per heavy atom. The predicted molar refractivity (Wildman–Crippen MR) is 99.0 cm³/mol. The molecule has 0 atom stereocenters. The number of ether oxygens (including phenoxy) is 1. The molecular weight excluding hydrogens is 320 g/mol. The van der Waals surface area contributed by atoms with E-state index in [0.717, 1.165) is 16.0 Å². The van der Waals surface area contributed by atoms with E-state index in [2.05, 4.69) is 24.9 Å². The van der Waals surface area contributed by atoms with E-state index in [9.17, 15) is 4.79 Å². The fraction of sp³-hybridized carbons (Fsp3) is 0.211. The highest BCUT2D eigenvalue weighted by atomic mass is 32.1. The average molecular weight is 340 g/mol. The van der Waals surface area contributed by atoms with E-state index in [1.165, 1.54) is 4.88 Å². The Morgan fingerprint density at radius 1 is 1.33 bits per heavy atom. The number of aromatic nitrogens is 1. The smallest absolute Gasteiger partial charge is 0.268 e. The molecule has 0 radical (unpaired) electrons. The zero-order valence-electron chi connectivity index (χ0n) is 13.6. The van der Waals surface area contributed by atoms with Crippen LogP contribution in [0.15, 0.2) is 55.1 Å². The van der Waals surface area contributed by atoms with Crippen molar-refractivity contribution in [2.75, 3.05) is 13.2 Å². The molecule has 4 nitrogen and oxygen atoms in total. The van der Waals surface area contributed by atoms with Crippen LogP contribution in [0.1, 0.15) is 15.4 Å². The summed E-state index contributed by atoms with van der Waals surface area (Å²) in [6.45, 7) is 7.29. The van der Waals surface area contributed by atoms with Gasteiger partial charge in [-0.1, -0.05) is 24.3 Å². The van der Waals surface area contributed by atoms with Crippen LogP contribution < -0.4 is 10.1 Å². The lowest BCUT2D eigenvalue weighted by Crippen LogP contribution is -2.26. The van der Waals surface area contributed by atoms with Gasteiger partial charge in [0.2, 0.25) is 0 Å². The number of amides is 1. The number of aryl methyl sites for hydroxylation is 1. The number of carbonyl (C=O) groups excluding carboxylic acids is 1. The molecule has 2 aromatic heterocycles. The number of thiophene rings is 1. The van der Waals surface area contributed by atoms with Gasteiger partial charge in [0.1, 0.15) is 18.1 Å². The summed E-state index contributed by atoms with van der Waals surface area (Å²) in [5.41, 5.74) is 1.74. The van der Waals surface area contributed by atoms with Crippen molar-refractivity contribution in [2.45, 2.75) is 13.5 Å². The van der Waals surface area contributed by atoms with E-state index in [0.29, 0.717) is 25.4 Å². The monoisotopic (exact) mass is 340 g/mol. The Morgan fingerprint density at radius 2 is 2.12 bits per heavy atom. The summed E-state index contributed by atoms with van der Waals surface area (Å²) in [4.78, 5) is 13.6. The second kappa shape index (κ2) is 7.36. The molecule has 0 aliphatic heterocycles. The van der Waals surface area contributed by atoms with Crippen molar-refractivity contribution >= 4 is 27.5 Å². The van der Waals surface area contributed by atoms with Gasteiger partial charge in [-0.15, -0.1) is 17.9 Å². The molecule has 0 bridgehead atoms. The number of hydrogen-bond donors (Lipinski definition) is 1. The molecule has 3 aromatic rings. The number of benzene rings is 1. The van der Waals surface area contributed by atoms with Gasteiger partial charge in [-0.05, 0) is 31.2 Å². The van der Waals surface area contributed by atoms with E-state index < -0.39 is 0 Å². The Labute approximate surface area is 145 Å². The van der Waals surface area contributed by atoms with Crippen LogP contribution in [-0.2, 0) is 6.54 Å². The predicted octanol–water partition coefficient (Wildman–Crippen LogP) is 4.01. The van der Waals surface area contributed by atoms with Crippen molar-refractivity contribution in [1.82, 2.24) is 9.88 Å². The molecule has 1 N–H and O–H groups in total. The molecule has 1 aromatic carbocycles. The van der Waals surface area contributed by atoms with Crippen LogP contribution in [-0.4, -0.2) is 23.6 Å². The summed E-state index contributed by atoms with van der Waals surface area (Å²) in [5, 5.41) is 2.85. The first-order valence-electron chi connectivity index (χ1n) is 7.85. The molecule has 5 heteroatoms.